The van der Waals surface area contributed by atoms with Crippen molar-refractivity contribution in [3.8, 4) is 11.5 Å². The molecule has 6 heteroatoms. The van der Waals surface area contributed by atoms with Crippen molar-refractivity contribution < 1.29 is 19.1 Å². The molecule has 3 rings (SSSR count). The summed E-state index contributed by atoms with van der Waals surface area (Å²) < 4.78 is 10.5. The fourth-order valence-corrected chi connectivity index (χ4v) is 2.72. The number of hydrogen-bond donors (Lipinski definition) is 1. The normalized spacial score (nSPS) is 13.0. The van der Waals surface area contributed by atoms with Crippen molar-refractivity contribution in [1.82, 2.24) is 5.32 Å². The first-order chi connectivity index (χ1) is 12.1. The Morgan fingerprint density at radius 3 is 2.68 bits per heavy atom. The highest BCUT2D eigenvalue weighted by atomic mass is 16.5. The highest BCUT2D eigenvalue weighted by Gasteiger charge is 2.25. The summed E-state index contributed by atoms with van der Waals surface area (Å²) in [6.45, 7) is 2.87. The van der Waals surface area contributed by atoms with E-state index in [0.29, 0.717) is 30.1 Å². The zero-order valence-electron chi connectivity index (χ0n) is 14.2. The Labute approximate surface area is 146 Å². The van der Waals surface area contributed by atoms with E-state index in [2.05, 4.69) is 5.32 Å². The van der Waals surface area contributed by atoms with Crippen LogP contribution in [0, 0.1) is 0 Å². The number of nitrogens with zero attached hydrogens (tertiary/aromatic N) is 1. The van der Waals surface area contributed by atoms with Gasteiger partial charge in [0.1, 0.15) is 11.5 Å². The fourth-order valence-electron chi connectivity index (χ4n) is 2.72. The molecule has 1 heterocycles. The number of nitrogens with one attached hydrogen (secondary N) is 1. The maximum Gasteiger partial charge on any atom is 0.265 e. The molecule has 0 fully saturated rings. The molecule has 1 aliphatic heterocycles. The molecule has 0 spiro atoms. The van der Waals surface area contributed by atoms with Crippen LogP contribution in [-0.4, -0.2) is 32.1 Å². The molecule has 1 N–H and O–H groups in total. The smallest absolute Gasteiger partial charge is 0.265 e. The van der Waals surface area contributed by atoms with Crippen LogP contribution in [0.15, 0.2) is 42.5 Å². The third-order valence-electron chi connectivity index (χ3n) is 4.09. The van der Waals surface area contributed by atoms with Crippen molar-refractivity contribution in [2.24, 2.45) is 0 Å². The van der Waals surface area contributed by atoms with Crippen molar-refractivity contribution in [2.45, 2.75) is 13.5 Å². The molecular weight excluding hydrogens is 320 g/mol. The van der Waals surface area contributed by atoms with E-state index in [9.17, 15) is 9.59 Å². The minimum absolute atomic E-state index is 0.0316. The van der Waals surface area contributed by atoms with Crippen molar-refractivity contribution in [2.75, 3.05) is 25.2 Å². The van der Waals surface area contributed by atoms with Gasteiger partial charge in [-0.25, -0.2) is 0 Å². The van der Waals surface area contributed by atoms with Gasteiger partial charge in [-0.1, -0.05) is 12.1 Å². The van der Waals surface area contributed by atoms with Crippen molar-refractivity contribution in [3.63, 3.8) is 0 Å². The average molecular weight is 340 g/mol. The Balaban J connectivity index is 1.72. The molecule has 0 atom stereocenters. The fraction of sp³-hybridized carbons (Fsp3) is 0.263. The van der Waals surface area contributed by atoms with Gasteiger partial charge in [0, 0.05) is 18.7 Å². The molecule has 0 unspecified atom stereocenters. The molecule has 2 aromatic rings. The highest BCUT2D eigenvalue weighted by molar-refractivity contribution is 6.01. The monoisotopic (exact) mass is 340 g/mol. The lowest BCUT2D eigenvalue weighted by molar-refractivity contribution is -0.121. The number of fused-ring (bicyclic) bond motifs is 1. The number of benzene rings is 2. The molecule has 1 aliphatic rings. The zero-order valence-corrected chi connectivity index (χ0v) is 14.2. The molecule has 6 nitrogen and oxygen atoms in total. The van der Waals surface area contributed by atoms with Crippen LogP contribution in [-0.2, 0) is 11.3 Å². The quantitative estimate of drug-likeness (QED) is 0.907. The minimum atomic E-state index is -0.201. The minimum Gasteiger partial charge on any atom is -0.497 e. The first-order valence-electron chi connectivity index (χ1n) is 8.10. The lowest BCUT2D eigenvalue weighted by Crippen LogP contribution is -2.38. The second kappa shape index (κ2) is 7.25. The number of methoxy groups -OCH3 is 1. The van der Waals surface area contributed by atoms with Gasteiger partial charge in [-0.2, -0.15) is 0 Å². The predicted octanol–water partition coefficient (Wildman–Crippen LogP) is 2.37. The van der Waals surface area contributed by atoms with E-state index in [4.69, 9.17) is 9.47 Å². The van der Waals surface area contributed by atoms with Gasteiger partial charge in [0.05, 0.1) is 12.8 Å². The molecule has 0 radical (unpaired) electrons. The number of ether oxygens (including phenoxy) is 2. The Bertz CT molecular complexity index is 787. The Morgan fingerprint density at radius 2 is 2.00 bits per heavy atom. The standard InChI is InChI=1S/C19H20N2O4/c1-3-21-16-10-14(6-9-17(16)25-12-18(21)22)19(23)20-11-13-4-7-15(24-2)8-5-13/h4-10H,3,11-12H2,1-2H3,(H,20,23). The first-order valence-corrected chi connectivity index (χ1v) is 8.10. The van der Waals surface area contributed by atoms with Crippen molar-refractivity contribution in [1.29, 1.82) is 0 Å². The Morgan fingerprint density at radius 1 is 1.24 bits per heavy atom. The molecule has 0 saturated heterocycles. The summed E-state index contributed by atoms with van der Waals surface area (Å²) in [6, 6.07) is 12.6. The van der Waals surface area contributed by atoms with Crippen LogP contribution in [0.25, 0.3) is 0 Å². The number of carbonyl (C=O) groups is 2. The van der Waals surface area contributed by atoms with E-state index in [1.165, 1.54) is 0 Å². The number of rotatable bonds is 5. The number of hydrogen-bond acceptors (Lipinski definition) is 4. The Hall–Kier alpha value is -3.02. The predicted molar refractivity (Wildman–Crippen MR) is 94.1 cm³/mol. The number of carbonyl (C=O) groups excluding carboxylic acids is 2. The van der Waals surface area contributed by atoms with Crippen LogP contribution < -0.4 is 19.7 Å². The van der Waals surface area contributed by atoms with Gasteiger partial charge in [0.15, 0.2) is 6.61 Å². The third-order valence-corrected chi connectivity index (χ3v) is 4.09. The largest absolute Gasteiger partial charge is 0.497 e. The van der Waals surface area contributed by atoms with Gasteiger partial charge in [0.2, 0.25) is 0 Å². The molecule has 0 bridgehead atoms. The van der Waals surface area contributed by atoms with E-state index < -0.39 is 0 Å². The van der Waals surface area contributed by atoms with Crippen LogP contribution in [0.3, 0.4) is 0 Å². The number of amides is 2. The van der Waals surface area contributed by atoms with Gasteiger partial charge in [-0.3, -0.25) is 9.59 Å². The molecule has 0 saturated carbocycles. The SMILES string of the molecule is CCN1C(=O)COc2ccc(C(=O)NCc3ccc(OC)cc3)cc21. The topological polar surface area (TPSA) is 67.9 Å². The summed E-state index contributed by atoms with van der Waals surface area (Å²) in [5.41, 5.74) is 2.10. The van der Waals surface area contributed by atoms with Crippen LogP contribution in [0.4, 0.5) is 5.69 Å². The van der Waals surface area contributed by atoms with Crippen LogP contribution in [0.2, 0.25) is 0 Å². The van der Waals surface area contributed by atoms with E-state index in [1.54, 1.807) is 30.2 Å². The second-order valence-electron chi connectivity index (χ2n) is 5.64. The summed E-state index contributed by atoms with van der Waals surface area (Å²) in [6.07, 6.45) is 0. The third kappa shape index (κ3) is 3.57. The average Bonchev–Trinajstić information content (AvgIpc) is 2.66. The molecule has 2 amide bonds. The summed E-state index contributed by atoms with van der Waals surface area (Å²) in [7, 11) is 1.61. The number of anilines is 1. The van der Waals surface area contributed by atoms with E-state index >= 15 is 0 Å². The lowest BCUT2D eigenvalue weighted by Gasteiger charge is -2.28. The van der Waals surface area contributed by atoms with E-state index in [-0.39, 0.29) is 18.4 Å². The molecule has 0 aromatic heterocycles. The molecule has 0 aliphatic carbocycles. The molecule has 130 valence electrons. The summed E-state index contributed by atoms with van der Waals surface area (Å²) in [5.74, 6) is 1.08. The maximum atomic E-state index is 12.4. The molecule has 25 heavy (non-hydrogen) atoms. The van der Waals surface area contributed by atoms with Gasteiger partial charge in [-0.05, 0) is 42.8 Å². The van der Waals surface area contributed by atoms with Crippen LogP contribution in [0.1, 0.15) is 22.8 Å². The maximum absolute atomic E-state index is 12.4. The lowest BCUT2D eigenvalue weighted by atomic mass is 10.1. The van der Waals surface area contributed by atoms with E-state index in [0.717, 1.165) is 11.3 Å². The summed E-state index contributed by atoms with van der Waals surface area (Å²) in [4.78, 5) is 26.0. The van der Waals surface area contributed by atoms with Gasteiger partial charge in [-0.15, -0.1) is 0 Å². The van der Waals surface area contributed by atoms with Crippen LogP contribution in [0.5, 0.6) is 11.5 Å². The van der Waals surface area contributed by atoms with Crippen molar-refractivity contribution >= 4 is 17.5 Å². The number of likely N-dealkylation sites (N-methyl/N-ethyl adjacent to an activating group) is 1. The van der Waals surface area contributed by atoms with Crippen molar-refractivity contribution in [3.05, 3.63) is 53.6 Å². The zero-order chi connectivity index (χ0) is 17.8. The second-order valence-corrected chi connectivity index (χ2v) is 5.64. The Kier molecular flexibility index (Phi) is 4.88. The molecular formula is C19H20N2O4. The van der Waals surface area contributed by atoms with Gasteiger partial charge >= 0.3 is 0 Å². The first kappa shape index (κ1) is 16.8. The summed E-state index contributed by atoms with van der Waals surface area (Å²) in [5, 5.41) is 2.88. The van der Waals surface area contributed by atoms with E-state index in [1.807, 2.05) is 31.2 Å². The molecule has 2 aromatic carbocycles. The van der Waals surface area contributed by atoms with Crippen LogP contribution >= 0.6 is 0 Å². The summed E-state index contributed by atoms with van der Waals surface area (Å²) >= 11 is 0. The highest BCUT2D eigenvalue weighted by Crippen LogP contribution is 2.32. The van der Waals surface area contributed by atoms with Gasteiger partial charge in [0.25, 0.3) is 11.8 Å². The van der Waals surface area contributed by atoms with Gasteiger partial charge < -0.3 is 19.7 Å².